The van der Waals surface area contributed by atoms with Crippen LogP contribution in [0.25, 0.3) is 0 Å². The zero-order valence-corrected chi connectivity index (χ0v) is 13.7. The molecule has 1 aliphatic heterocycles. The highest BCUT2D eigenvalue weighted by Gasteiger charge is 2.31. The van der Waals surface area contributed by atoms with Gasteiger partial charge in [-0.3, -0.25) is 4.79 Å². The van der Waals surface area contributed by atoms with Gasteiger partial charge in [0.25, 0.3) is 5.91 Å². The van der Waals surface area contributed by atoms with E-state index in [0.717, 1.165) is 17.5 Å². The fourth-order valence-corrected chi connectivity index (χ4v) is 2.78. The van der Waals surface area contributed by atoms with E-state index in [9.17, 15) is 9.59 Å². The minimum absolute atomic E-state index is 0.361. The third kappa shape index (κ3) is 3.11. The molecule has 0 bridgehead atoms. The summed E-state index contributed by atoms with van der Waals surface area (Å²) in [6.07, 6.45) is 0.401. The summed E-state index contributed by atoms with van der Waals surface area (Å²) in [5.41, 5.74) is 3.07. The maximum atomic E-state index is 12.5. The normalized spacial score (nSPS) is 16.1. The van der Waals surface area contributed by atoms with E-state index in [2.05, 4.69) is 12.2 Å². The Hall–Kier alpha value is -2.82. The van der Waals surface area contributed by atoms with Gasteiger partial charge in [0.15, 0.2) is 6.10 Å². The lowest BCUT2D eigenvalue weighted by molar-refractivity contribution is -0.125. The molecule has 0 fully saturated rings. The maximum absolute atomic E-state index is 12.5. The van der Waals surface area contributed by atoms with Gasteiger partial charge in [0, 0.05) is 6.42 Å². The molecule has 1 unspecified atom stereocenters. The van der Waals surface area contributed by atoms with Crippen LogP contribution in [0.2, 0.25) is 0 Å². The molecule has 0 radical (unpaired) electrons. The van der Waals surface area contributed by atoms with Crippen molar-refractivity contribution in [1.82, 2.24) is 0 Å². The lowest BCUT2D eigenvalue weighted by Gasteiger charge is -2.24. The van der Waals surface area contributed by atoms with Crippen LogP contribution >= 0.6 is 0 Å². The van der Waals surface area contributed by atoms with E-state index in [1.54, 1.807) is 24.3 Å². The van der Waals surface area contributed by atoms with Crippen LogP contribution in [0.5, 0.6) is 5.75 Å². The van der Waals surface area contributed by atoms with Gasteiger partial charge in [-0.25, -0.2) is 4.79 Å². The summed E-state index contributed by atoms with van der Waals surface area (Å²) in [7, 11) is 1.54. The molecule has 1 heterocycles. The molecule has 0 saturated carbocycles. The number of fused-ring (bicyclic) bond motifs is 1. The number of methoxy groups -OCH3 is 1. The van der Waals surface area contributed by atoms with Gasteiger partial charge in [0.05, 0.1) is 18.4 Å². The molecule has 0 saturated heterocycles. The molecular formula is C19H19NO4. The molecule has 1 aliphatic rings. The van der Waals surface area contributed by atoms with Gasteiger partial charge < -0.3 is 14.8 Å². The largest absolute Gasteiger partial charge is 0.495 e. The van der Waals surface area contributed by atoms with Gasteiger partial charge in [-0.15, -0.1) is 0 Å². The number of amides is 1. The number of aryl methyl sites for hydroxylation is 1. The number of ether oxygens (including phenoxy) is 2. The van der Waals surface area contributed by atoms with Crippen LogP contribution in [0.15, 0.2) is 42.5 Å². The first-order chi connectivity index (χ1) is 11.6. The number of hydrogen-bond acceptors (Lipinski definition) is 4. The van der Waals surface area contributed by atoms with Crippen molar-refractivity contribution in [3.8, 4) is 5.75 Å². The Morgan fingerprint density at radius 3 is 2.83 bits per heavy atom. The molecule has 5 nitrogen and oxygen atoms in total. The fourth-order valence-electron chi connectivity index (χ4n) is 2.78. The Morgan fingerprint density at radius 2 is 2.08 bits per heavy atom. The van der Waals surface area contributed by atoms with E-state index in [0.29, 0.717) is 23.4 Å². The lowest BCUT2D eigenvalue weighted by atomic mass is 9.95. The minimum Gasteiger partial charge on any atom is -0.495 e. The van der Waals surface area contributed by atoms with Crippen molar-refractivity contribution in [3.63, 3.8) is 0 Å². The molecule has 124 valence electrons. The van der Waals surface area contributed by atoms with Gasteiger partial charge in [-0.1, -0.05) is 31.2 Å². The summed E-state index contributed by atoms with van der Waals surface area (Å²) in [5, 5.41) is 2.77. The number of para-hydroxylation sites is 2. The number of esters is 1. The Kier molecular flexibility index (Phi) is 4.51. The summed E-state index contributed by atoms with van der Waals surface area (Å²) >= 11 is 0. The van der Waals surface area contributed by atoms with Gasteiger partial charge in [0.2, 0.25) is 0 Å². The minimum atomic E-state index is -0.845. The maximum Gasteiger partial charge on any atom is 0.339 e. The van der Waals surface area contributed by atoms with Gasteiger partial charge in [-0.2, -0.15) is 0 Å². The number of benzene rings is 2. The second-order valence-corrected chi connectivity index (χ2v) is 5.63. The predicted octanol–water partition coefficient (Wildman–Crippen LogP) is 2.98. The Balaban J connectivity index is 1.80. The number of cyclic esters (lactones) is 1. The van der Waals surface area contributed by atoms with Crippen LogP contribution in [0, 0.1) is 0 Å². The quantitative estimate of drug-likeness (QED) is 0.878. The number of hydrogen-bond donors (Lipinski definition) is 1. The first-order valence-corrected chi connectivity index (χ1v) is 7.89. The molecule has 2 aromatic rings. The van der Waals surface area contributed by atoms with Crippen LogP contribution in [0.4, 0.5) is 5.69 Å². The van der Waals surface area contributed by atoms with E-state index in [4.69, 9.17) is 9.47 Å². The summed E-state index contributed by atoms with van der Waals surface area (Å²) in [6.45, 7) is 2.05. The molecule has 0 aliphatic carbocycles. The van der Waals surface area contributed by atoms with Crippen molar-refractivity contribution in [2.75, 3.05) is 12.4 Å². The topological polar surface area (TPSA) is 64.6 Å². The van der Waals surface area contributed by atoms with Crippen molar-refractivity contribution < 1.29 is 19.1 Å². The molecule has 1 atom stereocenters. The smallest absolute Gasteiger partial charge is 0.339 e. The molecule has 3 rings (SSSR count). The molecule has 2 aromatic carbocycles. The van der Waals surface area contributed by atoms with Crippen molar-refractivity contribution in [2.45, 2.75) is 25.9 Å². The van der Waals surface area contributed by atoms with E-state index >= 15 is 0 Å². The molecule has 1 N–H and O–H groups in total. The van der Waals surface area contributed by atoms with Crippen LogP contribution in [-0.4, -0.2) is 25.1 Å². The van der Waals surface area contributed by atoms with Crippen LogP contribution in [0.3, 0.4) is 0 Å². The highest BCUT2D eigenvalue weighted by molar-refractivity contribution is 6.00. The highest BCUT2D eigenvalue weighted by atomic mass is 16.5. The lowest BCUT2D eigenvalue weighted by Crippen LogP contribution is -2.38. The van der Waals surface area contributed by atoms with Gasteiger partial charge >= 0.3 is 5.97 Å². The third-order valence-corrected chi connectivity index (χ3v) is 4.11. The Morgan fingerprint density at radius 1 is 1.29 bits per heavy atom. The summed E-state index contributed by atoms with van der Waals surface area (Å²) in [6, 6.07) is 12.8. The first kappa shape index (κ1) is 16.1. The Bertz CT molecular complexity index is 785. The van der Waals surface area contributed by atoms with Gasteiger partial charge in [0.1, 0.15) is 5.75 Å². The molecule has 5 heteroatoms. The van der Waals surface area contributed by atoms with Crippen molar-refractivity contribution in [1.29, 1.82) is 0 Å². The Labute approximate surface area is 140 Å². The average Bonchev–Trinajstić information content (AvgIpc) is 2.61. The van der Waals surface area contributed by atoms with Gasteiger partial charge in [-0.05, 0) is 35.7 Å². The molecular weight excluding hydrogens is 306 g/mol. The standard InChI is InChI=1S/C19H19NO4/c1-3-12-8-9-14-13(10-12)11-17(24-19(14)22)18(21)20-15-6-4-5-7-16(15)23-2/h4-10,17H,3,11H2,1-2H3,(H,20,21). The average molecular weight is 325 g/mol. The van der Waals surface area contributed by atoms with Crippen molar-refractivity contribution in [3.05, 3.63) is 59.2 Å². The fraction of sp³-hybridized carbons (Fsp3) is 0.263. The second-order valence-electron chi connectivity index (χ2n) is 5.63. The highest BCUT2D eigenvalue weighted by Crippen LogP contribution is 2.26. The summed E-state index contributed by atoms with van der Waals surface area (Å²) < 4.78 is 10.5. The zero-order chi connectivity index (χ0) is 17.1. The van der Waals surface area contributed by atoms with E-state index < -0.39 is 12.1 Å². The second kappa shape index (κ2) is 6.74. The van der Waals surface area contributed by atoms with Crippen LogP contribution in [0.1, 0.15) is 28.4 Å². The monoisotopic (exact) mass is 325 g/mol. The van der Waals surface area contributed by atoms with Crippen LogP contribution < -0.4 is 10.1 Å². The summed E-state index contributed by atoms with van der Waals surface area (Å²) in [5.74, 6) is -0.263. The molecule has 0 aromatic heterocycles. The SMILES string of the molecule is CCc1ccc2c(c1)CC(C(=O)Nc1ccccc1OC)OC2=O. The molecule has 0 spiro atoms. The number of nitrogens with one attached hydrogen (secondary N) is 1. The van der Waals surface area contributed by atoms with Crippen molar-refractivity contribution >= 4 is 17.6 Å². The predicted molar refractivity (Wildman–Crippen MR) is 90.4 cm³/mol. The third-order valence-electron chi connectivity index (χ3n) is 4.11. The molecule has 1 amide bonds. The number of carbonyl (C=O) groups excluding carboxylic acids is 2. The number of anilines is 1. The number of rotatable bonds is 4. The van der Waals surface area contributed by atoms with E-state index in [1.165, 1.54) is 7.11 Å². The van der Waals surface area contributed by atoms with Crippen molar-refractivity contribution in [2.24, 2.45) is 0 Å². The zero-order valence-electron chi connectivity index (χ0n) is 13.7. The molecule has 24 heavy (non-hydrogen) atoms. The summed E-state index contributed by atoms with van der Waals surface area (Å²) in [4.78, 5) is 24.7. The first-order valence-electron chi connectivity index (χ1n) is 7.89. The van der Waals surface area contributed by atoms with E-state index in [1.807, 2.05) is 18.2 Å². The number of carbonyl (C=O) groups is 2. The van der Waals surface area contributed by atoms with E-state index in [-0.39, 0.29) is 5.91 Å². The van der Waals surface area contributed by atoms with Crippen LogP contribution in [-0.2, 0) is 22.4 Å².